The molecule has 0 rings (SSSR count). The molecule has 0 aromatic carbocycles. The second-order valence-electron chi connectivity index (χ2n) is 7.98. The normalized spacial score (nSPS) is 14.4. The van der Waals surface area contributed by atoms with Gasteiger partial charge in [0.25, 0.3) is 11.4 Å². The highest BCUT2D eigenvalue weighted by molar-refractivity contribution is 5.79. The summed E-state index contributed by atoms with van der Waals surface area (Å²) in [7, 11) is 3.86. The minimum absolute atomic E-state index is 0.141. The van der Waals surface area contributed by atoms with Gasteiger partial charge in [0.1, 0.15) is 0 Å². The highest BCUT2D eigenvalue weighted by atomic mass is 19.4. The zero-order chi connectivity index (χ0) is 25.8. The first-order chi connectivity index (χ1) is 15.3. The van der Waals surface area contributed by atoms with Crippen molar-refractivity contribution in [3.8, 4) is 0 Å². The Kier molecular flexibility index (Phi) is 13.9. The summed E-state index contributed by atoms with van der Waals surface area (Å²) in [5, 5.41) is 0. The van der Waals surface area contributed by atoms with Crippen molar-refractivity contribution in [2.24, 2.45) is 11.3 Å². The third-order valence-electron chi connectivity index (χ3n) is 5.96. The van der Waals surface area contributed by atoms with Gasteiger partial charge in [0, 0.05) is 27.2 Å². The molecule has 0 saturated carbocycles. The van der Waals surface area contributed by atoms with Crippen LogP contribution in [0.3, 0.4) is 0 Å². The van der Waals surface area contributed by atoms with Crippen LogP contribution in [-0.4, -0.2) is 52.2 Å². The van der Waals surface area contributed by atoms with Gasteiger partial charge in [0.2, 0.25) is 0 Å². The molecule has 0 spiro atoms. The summed E-state index contributed by atoms with van der Waals surface area (Å²) in [5.74, 6) is -4.61. The third-order valence-corrected chi connectivity index (χ3v) is 5.96. The lowest BCUT2D eigenvalue weighted by Crippen LogP contribution is -2.56. The Balaban J connectivity index is 5.63. The summed E-state index contributed by atoms with van der Waals surface area (Å²) < 4.78 is 102. The van der Waals surface area contributed by atoms with E-state index in [-0.39, 0.29) is 6.42 Å². The second-order valence-corrected chi connectivity index (χ2v) is 7.98. The first-order valence-electron chi connectivity index (χ1n) is 11.3. The molecule has 0 aromatic rings. The number of hydrogen-bond acceptors (Lipinski definition) is 5. The van der Waals surface area contributed by atoms with Crippen molar-refractivity contribution in [2.75, 3.05) is 27.9 Å². The topological polar surface area (TPSA) is 54.0 Å². The molecule has 0 bridgehead atoms. The molecule has 1 unspecified atom stereocenters. The zero-order valence-corrected chi connectivity index (χ0v) is 20.2. The number of rotatable bonds is 17. The van der Waals surface area contributed by atoms with E-state index in [4.69, 9.17) is 14.2 Å². The maximum absolute atomic E-state index is 13.7. The lowest BCUT2D eigenvalue weighted by molar-refractivity contribution is -0.381. The Hall–Kier alpha value is -1.07. The van der Waals surface area contributed by atoms with E-state index in [0.717, 1.165) is 39.0 Å². The van der Waals surface area contributed by atoms with Crippen LogP contribution < -0.4 is 0 Å². The first-order valence-corrected chi connectivity index (χ1v) is 11.3. The van der Waals surface area contributed by atoms with Crippen LogP contribution in [0.4, 0.5) is 26.3 Å². The largest absolute Gasteiger partial charge is 0.465 e. The van der Waals surface area contributed by atoms with Crippen molar-refractivity contribution < 1.29 is 50.1 Å². The molecular formula is C22H38F6O5. The molecule has 0 saturated heterocycles. The van der Waals surface area contributed by atoms with Crippen molar-refractivity contribution in [3.05, 3.63) is 0 Å². The van der Waals surface area contributed by atoms with Crippen LogP contribution in [0.5, 0.6) is 0 Å². The smallest absolute Gasteiger partial charge is 0.413 e. The highest BCUT2D eigenvalue weighted by Crippen LogP contribution is 2.54. The summed E-state index contributed by atoms with van der Waals surface area (Å²) >= 11 is 0. The van der Waals surface area contributed by atoms with Crippen molar-refractivity contribution in [1.82, 2.24) is 0 Å². The molecule has 0 aliphatic carbocycles. The van der Waals surface area contributed by atoms with Crippen LogP contribution >= 0.6 is 0 Å². The van der Waals surface area contributed by atoms with Gasteiger partial charge in [-0.15, -0.1) is 0 Å². The van der Waals surface area contributed by atoms with E-state index in [1.54, 1.807) is 0 Å². The summed E-state index contributed by atoms with van der Waals surface area (Å²) in [6.45, 7) is 2.63. The number of hydrogen-bond donors (Lipinski definition) is 0. The van der Waals surface area contributed by atoms with E-state index in [0.29, 0.717) is 12.8 Å². The predicted octanol–water partition coefficient (Wildman–Crippen LogP) is 6.79. The number of carbonyl (C=O) groups excluding carboxylic acids is 1. The SMILES string of the molecule is CCCCCCCCC(CCCC(C(=O)OCC)(C(F)(F)F)C(F)(F)F)C(OC)(OC)OC. The fraction of sp³-hybridized carbons (Fsp3) is 0.955. The van der Waals surface area contributed by atoms with E-state index in [9.17, 15) is 31.1 Å². The molecule has 33 heavy (non-hydrogen) atoms. The molecule has 0 aliphatic rings. The Morgan fingerprint density at radius 3 is 1.61 bits per heavy atom. The van der Waals surface area contributed by atoms with Gasteiger partial charge in [-0.2, -0.15) is 26.3 Å². The van der Waals surface area contributed by atoms with Crippen LogP contribution in [0, 0.1) is 11.3 Å². The number of halogens is 6. The lowest BCUT2D eigenvalue weighted by atomic mass is 9.79. The number of unbranched alkanes of at least 4 members (excludes halogenated alkanes) is 5. The average molecular weight is 497 g/mol. The fourth-order valence-corrected chi connectivity index (χ4v) is 4.06. The van der Waals surface area contributed by atoms with E-state index in [1.807, 2.05) is 0 Å². The van der Waals surface area contributed by atoms with Gasteiger partial charge in [-0.05, 0) is 26.2 Å². The Bertz CT molecular complexity index is 524. The third kappa shape index (κ3) is 8.28. The van der Waals surface area contributed by atoms with E-state index >= 15 is 0 Å². The van der Waals surface area contributed by atoms with Crippen molar-refractivity contribution >= 4 is 5.97 Å². The van der Waals surface area contributed by atoms with Crippen LogP contribution in [-0.2, 0) is 23.7 Å². The lowest BCUT2D eigenvalue weighted by Gasteiger charge is -2.38. The van der Waals surface area contributed by atoms with Crippen molar-refractivity contribution in [3.63, 3.8) is 0 Å². The summed E-state index contributed by atoms with van der Waals surface area (Å²) in [6, 6.07) is 0. The first kappa shape index (κ1) is 31.9. The summed E-state index contributed by atoms with van der Waals surface area (Å²) in [6.07, 6.45) is -7.84. The van der Waals surface area contributed by atoms with Gasteiger partial charge >= 0.3 is 18.3 Å². The quantitative estimate of drug-likeness (QED) is 0.0961. The summed E-state index contributed by atoms with van der Waals surface area (Å²) in [4.78, 5) is 12.0. The van der Waals surface area contributed by atoms with Crippen LogP contribution in [0.25, 0.3) is 0 Å². The Labute approximate surface area is 192 Å². The Morgan fingerprint density at radius 2 is 1.18 bits per heavy atom. The van der Waals surface area contributed by atoms with Crippen molar-refractivity contribution in [2.45, 2.75) is 96.4 Å². The van der Waals surface area contributed by atoms with Gasteiger partial charge in [0.05, 0.1) is 6.61 Å². The molecule has 0 amide bonds. The molecule has 0 radical (unpaired) electrons. The maximum atomic E-state index is 13.7. The molecule has 198 valence electrons. The molecule has 0 fully saturated rings. The minimum Gasteiger partial charge on any atom is -0.465 e. The number of methoxy groups -OCH3 is 3. The summed E-state index contributed by atoms with van der Waals surface area (Å²) in [5.41, 5.74) is -4.60. The molecule has 1 atom stereocenters. The molecule has 11 heteroatoms. The molecule has 0 aliphatic heterocycles. The molecule has 0 aromatic heterocycles. The number of ether oxygens (including phenoxy) is 4. The predicted molar refractivity (Wildman–Crippen MR) is 110 cm³/mol. The van der Waals surface area contributed by atoms with E-state index < -0.39 is 55.1 Å². The minimum atomic E-state index is -5.87. The highest BCUT2D eigenvalue weighted by Gasteiger charge is 2.75. The van der Waals surface area contributed by atoms with E-state index in [1.165, 1.54) is 21.3 Å². The molecular weight excluding hydrogens is 458 g/mol. The molecule has 5 nitrogen and oxygen atoms in total. The van der Waals surface area contributed by atoms with Gasteiger partial charge in [0.15, 0.2) is 0 Å². The number of carbonyl (C=O) groups is 1. The number of esters is 1. The van der Waals surface area contributed by atoms with Crippen molar-refractivity contribution in [1.29, 1.82) is 0 Å². The van der Waals surface area contributed by atoms with Gasteiger partial charge < -0.3 is 18.9 Å². The van der Waals surface area contributed by atoms with E-state index in [2.05, 4.69) is 11.7 Å². The Morgan fingerprint density at radius 1 is 0.727 bits per heavy atom. The van der Waals surface area contributed by atoms with Gasteiger partial charge in [-0.25, -0.2) is 0 Å². The fourth-order valence-electron chi connectivity index (χ4n) is 4.06. The van der Waals surface area contributed by atoms with Crippen LogP contribution in [0.15, 0.2) is 0 Å². The molecule has 0 heterocycles. The van der Waals surface area contributed by atoms with Gasteiger partial charge in [-0.3, -0.25) is 4.79 Å². The monoisotopic (exact) mass is 496 g/mol. The number of alkyl halides is 6. The average Bonchev–Trinajstić information content (AvgIpc) is 2.72. The second kappa shape index (κ2) is 14.4. The van der Waals surface area contributed by atoms with Gasteiger partial charge in [-0.1, -0.05) is 51.9 Å². The zero-order valence-electron chi connectivity index (χ0n) is 20.2. The van der Waals surface area contributed by atoms with Crippen LogP contribution in [0.2, 0.25) is 0 Å². The standard InChI is InChI=1S/C22H38F6O5/c1-6-8-9-10-11-12-14-17(20(30-3,31-4)32-5)15-13-16-19(21(23,24)25,22(26,27)28)18(29)33-7-2/h17H,6-16H2,1-5H3. The van der Waals surface area contributed by atoms with Crippen LogP contribution in [0.1, 0.15) is 78.1 Å². The molecule has 0 N–H and O–H groups in total. The maximum Gasteiger partial charge on any atom is 0.413 e.